The summed E-state index contributed by atoms with van der Waals surface area (Å²) in [5.74, 6) is 5.34. The number of carboxylic acids is 1. The van der Waals surface area contributed by atoms with Crippen molar-refractivity contribution in [2.45, 2.75) is 12.8 Å². The highest BCUT2D eigenvalue weighted by molar-refractivity contribution is 5.87. The number of hydrogen-bond donors (Lipinski definition) is 1. The zero-order valence-electron chi connectivity index (χ0n) is 7.81. The van der Waals surface area contributed by atoms with Gasteiger partial charge < -0.3 is 5.11 Å². The van der Waals surface area contributed by atoms with Crippen LogP contribution in [0.5, 0.6) is 0 Å². The SMILES string of the molecule is O=C(O)C12C3C4C1C1C2C3C41C1CC1. The molecular formula is C12H12O2. The first-order valence-corrected chi connectivity index (χ1v) is 6.01. The minimum absolute atomic E-state index is 0.128. The Morgan fingerprint density at radius 2 is 1.50 bits per heavy atom. The predicted molar refractivity (Wildman–Crippen MR) is 46.2 cm³/mol. The fraction of sp³-hybridized carbons (Fsp3) is 0.917. The largest absolute Gasteiger partial charge is 0.481 e. The van der Waals surface area contributed by atoms with Crippen LogP contribution in [0.4, 0.5) is 0 Å². The second kappa shape index (κ2) is 1.17. The summed E-state index contributed by atoms with van der Waals surface area (Å²) in [5.41, 5.74) is 0.647. The summed E-state index contributed by atoms with van der Waals surface area (Å²) in [6.45, 7) is 0. The molecule has 2 nitrogen and oxygen atoms in total. The Hall–Kier alpha value is -0.530. The van der Waals surface area contributed by atoms with Crippen molar-refractivity contribution in [3.05, 3.63) is 0 Å². The highest BCUT2D eigenvalue weighted by Crippen LogP contribution is 3.12. The Labute approximate surface area is 81.7 Å². The highest BCUT2D eigenvalue weighted by Gasteiger charge is 3.12. The monoisotopic (exact) mass is 188 g/mol. The topological polar surface area (TPSA) is 37.3 Å². The van der Waals surface area contributed by atoms with Crippen molar-refractivity contribution in [1.29, 1.82) is 0 Å². The molecule has 0 saturated heterocycles. The van der Waals surface area contributed by atoms with E-state index in [0.29, 0.717) is 17.8 Å². The van der Waals surface area contributed by atoms with Gasteiger partial charge in [0, 0.05) is 0 Å². The van der Waals surface area contributed by atoms with Gasteiger partial charge in [-0.2, -0.15) is 0 Å². The molecule has 0 amide bonds. The third-order valence-corrected chi connectivity index (χ3v) is 7.36. The molecule has 7 aliphatic rings. The van der Waals surface area contributed by atoms with Gasteiger partial charge in [-0.15, -0.1) is 0 Å². The molecule has 0 aromatic heterocycles. The van der Waals surface area contributed by atoms with Gasteiger partial charge in [0.25, 0.3) is 0 Å². The lowest BCUT2D eigenvalue weighted by Crippen LogP contribution is -3.11. The van der Waals surface area contributed by atoms with Crippen molar-refractivity contribution in [3.8, 4) is 0 Å². The minimum atomic E-state index is -0.439. The molecule has 0 aromatic rings. The summed E-state index contributed by atoms with van der Waals surface area (Å²) >= 11 is 0. The maximum Gasteiger partial charge on any atom is 0.310 e. The number of carbonyl (C=O) groups is 1. The molecule has 0 radical (unpaired) electrons. The molecule has 0 bridgehead atoms. The first-order chi connectivity index (χ1) is 6.78. The molecule has 0 unspecified atom stereocenters. The van der Waals surface area contributed by atoms with E-state index >= 15 is 0 Å². The van der Waals surface area contributed by atoms with Gasteiger partial charge in [-0.3, -0.25) is 4.79 Å². The van der Waals surface area contributed by atoms with Crippen molar-refractivity contribution in [2.75, 3.05) is 0 Å². The maximum absolute atomic E-state index is 11.3. The molecule has 14 heavy (non-hydrogen) atoms. The van der Waals surface area contributed by atoms with E-state index in [1.807, 2.05) is 0 Å². The van der Waals surface area contributed by atoms with Crippen molar-refractivity contribution in [3.63, 3.8) is 0 Å². The standard InChI is InChI=1S/C12H12O2/c13-10(14)12-7-4-8(12)6-9(12)5(7)11(4,6)3-1-2-3/h3-9H,1-2H2,(H,13,14). The second-order valence-corrected chi connectivity index (χ2v) is 6.67. The lowest BCUT2D eigenvalue weighted by molar-refractivity contribution is -0.648. The van der Waals surface area contributed by atoms with Gasteiger partial charge in [0.05, 0.1) is 5.41 Å². The Morgan fingerprint density at radius 1 is 1.00 bits per heavy atom. The Kier molecular flexibility index (Phi) is 0.512. The second-order valence-electron chi connectivity index (χ2n) is 6.67. The van der Waals surface area contributed by atoms with Gasteiger partial charge in [0.1, 0.15) is 0 Å². The van der Waals surface area contributed by atoms with E-state index in [2.05, 4.69) is 0 Å². The van der Waals surface area contributed by atoms with Gasteiger partial charge in [0.2, 0.25) is 0 Å². The average molecular weight is 188 g/mol. The molecule has 7 rings (SSSR count). The van der Waals surface area contributed by atoms with Crippen LogP contribution in [0.2, 0.25) is 0 Å². The van der Waals surface area contributed by atoms with E-state index in [4.69, 9.17) is 0 Å². The van der Waals surface area contributed by atoms with Crippen LogP contribution in [0.15, 0.2) is 0 Å². The van der Waals surface area contributed by atoms with Gasteiger partial charge in [-0.05, 0) is 59.7 Å². The summed E-state index contributed by atoms with van der Waals surface area (Å²) in [5, 5.41) is 9.30. The van der Waals surface area contributed by atoms with Gasteiger partial charge in [-0.25, -0.2) is 0 Å². The Balaban J connectivity index is 1.53. The van der Waals surface area contributed by atoms with Crippen LogP contribution in [-0.2, 0) is 4.79 Å². The fourth-order valence-electron chi connectivity index (χ4n) is 7.44. The number of carboxylic acid groups (broad SMARTS) is 1. The van der Waals surface area contributed by atoms with Crippen LogP contribution in [0, 0.1) is 52.3 Å². The van der Waals surface area contributed by atoms with Crippen molar-refractivity contribution in [2.24, 2.45) is 52.3 Å². The van der Waals surface area contributed by atoms with Gasteiger partial charge >= 0.3 is 5.97 Å². The molecule has 7 aliphatic carbocycles. The summed E-state index contributed by atoms with van der Waals surface area (Å²) < 4.78 is 0. The third kappa shape index (κ3) is 0.227. The van der Waals surface area contributed by atoms with Gasteiger partial charge in [-0.1, -0.05) is 0 Å². The van der Waals surface area contributed by atoms with Crippen molar-refractivity contribution >= 4 is 5.97 Å². The molecule has 0 heterocycles. The highest BCUT2D eigenvalue weighted by atomic mass is 16.4. The molecule has 0 spiro atoms. The maximum atomic E-state index is 11.3. The Bertz CT molecular complexity index is 380. The lowest BCUT2D eigenvalue weighted by atomic mass is 8.92. The van der Waals surface area contributed by atoms with Crippen LogP contribution in [0.3, 0.4) is 0 Å². The molecule has 7 fully saturated rings. The van der Waals surface area contributed by atoms with Crippen LogP contribution in [0.25, 0.3) is 0 Å². The fourth-order valence-corrected chi connectivity index (χ4v) is 7.44. The van der Waals surface area contributed by atoms with Crippen LogP contribution >= 0.6 is 0 Å². The van der Waals surface area contributed by atoms with Gasteiger partial charge in [0.15, 0.2) is 0 Å². The zero-order valence-corrected chi connectivity index (χ0v) is 7.81. The first kappa shape index (κ1) is 6.14. The van der Waals surface area contributed by atoms with E-state index in [1.54, 1.807) is 0 Å². The van der Waals surface area contributed by atoms with E-state index in [9.17, 15) is 9.90 Å². The molecule has 1 N–H and O–H groups in total. The third-order valence-electron chi connectivity index (χ3n) is 7.36. The first-order valence-electron chi connectivity index (χ1n) is 6.01. The summed E-state index contributed by atoms with van der Waals surface area (Å²) in [6, 6.07) is 0. The van der Waals surface area contributed by atoms with E-state index in [-0.39, 0.29) is 5.41 Å². The summed E-state index contributed by atoms with van der Waals surface area (Å²) in [6.07, 6.45) is 2.94. The average Bonchev–Trinajstić information content (AvgIpc) is 3.00. The van der Waals surface area contributed by atoms with Crippen molar-refractivity contribution < 1.29 is 9.90 Å². The predicted octanol–water partition coefficient (Wildman–Crippen LogP) is 1.22. The van der Waals surface area contributed by atoms with Crippen molar-refractivity contribution in [1.82, 2.24) is 0 Å². The van der Waals surface area contributed by atoms with Crippen LogP contribution in [0.1, 0.15) is 12.8 Å². The molecule has 2 heteroatoms. The normalized spacial score (nSPS) is 82.6. The summed E-state index contributed by atoms with van der Waals surface area (Å²) in [4.78, 5) is 11.3. The van der Waals surface area contributed by atoms with E-state index < -0.39 is 5.97 Å². The molecule has 0 atom stereocenters. The molecule has 72 valence electrons. The number of aliphatic carboxylic acids is 1. The van der Waals surface area contributed by atoms with E-state index in [0.717, 1.165) is 29.1 Å². The number of hydrogen-bond acceptors (Lipinski definition) is 1. The minimum Gasteiger partial charge on any atom is -0.481 e. The van der Waals surface area contributed by atoms with E-state index in [1.165, 1.54) is 12.8 Å². The Morgan fingerprint density at radius 3 is 1.86 bits per heavy atom. The van der Waals surface area contributed by atoms with Crippen LogP contribution < -0.4 is 0 Å². The molecule has 7 saturated carbocycles. The number of rotatable bonds is 2. The van der Waals surface area contributed by atoms with Crippen LogP contribution in [-0.4, -0.2) is 11.1 Å². The zero-order chi connectivity index (χ0) is 9.03. The molecule has 0 aromatic carbocycles. The molecular weight excluding hydrogens is 176 g/mol. The smallest absolute Gasteiger partial charge is 0.310 e. The lowest BCUT2D eigenvalue weighted by Gasteiger charge is -3.10. The molecule has 0 aliphatic heterocycles. The summed E-state index contributed by atoms with van der Waals surface area (Å²) in [7, 11) is 0. The quantitative estimate of drug-likeness (QED) is 0.707.